The molecule has 0 saturated carbocycles. The fourth-order valence-corrected chi connectivity index (χ4v) is 3.30. The molecule has 3 rings (SSSR count). The van der Waals surface area contributed by atoms with Crippen LogP contribution in [0, 0.1) is 0 Å². The van der Waals surface area contributed by atoms with E-state index in [1.807, 2.05) is 0 Å². The van der Waals surface area contributed by atoms with Crippen LogP contribution in [0.25, 0.3) is 0 Å². The molecule has 0 bridgehead atoms. The molecule has 1 atom stereocenters. The lowest BCUT2D eigenvalue weighted by molar-refractivity contribution is -0.168. The van der Waals surface area contributed by atoms with Gasteiger partial charge >= 0.3 is 0 Å². The molecule has 0 spiro atoms. The number of likely N-dealkylation sites (tertiary alicyclic amines) is 1. The number of hydrogen-bond donors (Lipinski definition) is 0. The summed E-state index contributed by atoms with van der Waals surface area (Å²) in [5, 5.41) is 3.43. The van der Waals surface area contributed by atoms with E-state index in [2.05, 4.69) is 0 Å². The maximum atomic E-state index is 15.0. The third kappa shape index (κ3) is 1.54. The van der Waals surface area contributed by atoms with Crippen molar-refractivity contribution in [2.24, 2.45) is 0 Å². The summed E-state index contributed by atoms with van der Waals surface area (Å²) in [4.78, 5) is 37.2. The van der Waals surface area contributed by atoms with Crippen LogP contribution in [0.15, 0.2) is 10.8 Å². The summed E-state index contributed by atoms with van der Waals surface area (Å²) < 4.78 is 15.0. The maximum Gasteiger partial charge on any atom is 0.287 e. The Morgan fingerprint density at radius 1 is 1.32 bits per heavy atom. The van der Waals surface area contributed by atoms with Crippen LogP contribution in [-0.4, -0.2) is 40.4 Å². The smallest absolute Gasteiger partial charge is 0.287 e. The molecular formula is C12H11FN2O3S. The van der Waals surface area contributed by atoms with Gasteiger partial charge < -0.3 is 0 Å². The fraction of sp³-hybridized carbons (Fsp3) is 0.417. The van der Waals surface area contributed by atoms with Gasteiger partial charge in [-0.05, 0) is 10.9 Å². The molecule has 0 N–H and O–H groups in total. The number of fused-ring (bicyclic) bond motifs is 1. The number of imide groups is 1. The molecule has 1 aromatic heterocycles. The first-order valence-electron chi connectivity index (χ1n) is 5.82. The molecule has 100 valence electrons. The summed E-state index contributed by atoms with van der Waals surface area (Å²) in [6.07, 6.45) is -0.343. The normalized spacial score (nSPS) is 27.2. The monoisotopic (exact) mass is 282 g/mol. The lowest BCUT2D eigenvalue weighted by Gasteiger charge is -2.38. The summed E-state index contributed by atoms with van der Waals surface area (Å²) in [5.41, 5.74) is 1.19. The highest BCUT2D eigenvalue weighted by Crippen LogP contribution is 2.38. The summed E-state index contributed by atoms with van der Waals surface area (Å²) in [6.45, 7) is 0.0853. The number of hydrogen-bond acceptors (Lipinski definition) is 4. The van der Waals surface area contributed by atoms with Gasteiger partial charge in [-0.2, -0.15) is 11.3 Å². The van der Waals surface area contributed by atoms with Crippen molar-refractivity contribution in [2.45, 2.75) is 25.2 Å². The van der Waals surface area contributed by atoms with Crippen molar-refractivity contribution in [1.82, 2.24) is 9.80 Å². The van der Waals surface area contributed by atoms with Crippen LogP contribution in [0.2, 0.25) is 0 Å². The zero-order valence-corrected chi connectivity index (χ0v) is 11.0. The van der Waals surface area contributed by atoms with E-state index in [1.54, 1.807) is 10.8 Å². The van der Waals surface area contributed by atoms with Crippen LogP contribution in [0.4, 0.5) is 4.39 Å². The average Bonchev–Trinajstić information content (AvgIpc) is 2.96. The Balaban J connectivity index is 1.95. The highest BCUT2D eigenvalue weighted by atomic mass is 32.1. The number of thiophene rings is 1. The fourth-order valence-electron chi connectivity index (χ4n) is 2.48. The first kappa shape index (κ1) is 12.3. The Morgan fingerprint density at radius 3 is 2.74 bits per heavy atom. The van der Waals surface area contributed by atoms with Gasteiger partial charge in [0.25, 0.3) is 17.6 Å². The van der Waals surface area contributed by atoms with Crippen LogP contribution in [0.1, 0.15) is 28.8 Å². The molecule has 1 unspecified atom stereocenters. The van der Waals surface area contributed by atoms with E-state index in [0.29, 0.717) is 5.56 Å². The highest BCUT2D eigenvalue weighted by molar-refractivity contribution is 7.08. The van der Waals surface area contributed by atoms with Crippen molar-refractivity contribution in [2.75, 3.05) is 7.05 Å². The number of carbonyl (C=O) groups excluding carboxylic acids is 3. The lowest BCUT2D eigenvalue weighted by Crippen LogP contribution is -2.60. The van der Waals surface area contributed by atoms with E-state index in [4.69, 9.17) is 0 Å². The van der Waals surface area contributed by atoms with Gasteiger partial charge in [-0.15, -0.1) is 0 Å². The minimum atomic E-state index is -2.41. The Labute approximate surface area is 112 Å². The SMILES string of the molecule is CN1C(=O)CCC(F)(N2Cc3cscc3C2=O)C1=O. The summed E-state index contributed by atoms with van der Waals surface area (Å²) in [7, 11) is 1.24. The summed E-state index contributed by atoms with van der Waals surface area (Å²) in [6, 6.07) is 0. The first-order chi connectivity index (χ1) is 8.95. The molecule has 2 aliphatic rings. The molecule has 0 aromatic carbocycles. The number of carbonyl (C=O) groups is 3. The van der Waals surface area contributed by atoms with Crippen LogP contribution in [-0.2, 0) is 16.1 Å². The van der Waals surface area contributed by atoms with E-state index in [9.17, 15) is 18.8 Å². The second-order valence-electron chi connectivity index (χ2n) is 4.72. The maximum absolute atomic E-state index is 15.0. The second-order valence-corrected chi connectivity index (χ2v) is 5.46. The van der Waals surface area contributed by atoms with Gasteiger partial charge in [0.1, 0.15) is 0 Å². The van der Waals surface area contributed by atoms with E-state index in [-0.39, 0.29) is 19.4 Å². The number of piperidine rings is 1. The molecule has 3 amide bonds. The second kappa shape index (κ2) is 3.86. The Kier molecular flexibility index (Phi) is 2.50. The van der Waals surface area contributed by atoms with Gasteiger partial charge in [-0.1, -0.05) is 0 Å². The molecule has 0 radical (unpaired) electrons. The van der Waals surface area contributed by atoms with E-state index in [0.717, 1.165) is 15.4 Å². The highest BCUT2D eigenvalue weighted by Gasteiger charge is 2.54. The molecule has 3 heterocycles. The zero-order chi connectivity index (χ0) is 13.8. The van der Waals surface area contributed by atoms with Gasteiger partial charge in [0.2, 0.25) is 5.91 Å². The number of rotatable bonds is 1. The van der Waals surface area contributed by atoms with Crippen LogP contribution in [0.5, 0.6) is 0 Å². The third-order valence-corrected chi connectivity index (χ3v) is 4.44. The van der Waals surface area contributed by atoms with Crippen molar-refractivity contribution in [3.8, 4) is 0 Å². The molecule has 5 nitrogen and oxygen atoms in total. The summed E-state index contributed by atoms with van der Waals surface area (Å²) >= 11 is 1.38. The van der Waals surface area contributed by atoms with Gasteiger partial charge in [-0.3, -0.25) is 24.2 Å². The molecule has 1 saturated heterocycles. The van der Waals surface area contributed by atoms with Crippen molar-refractivity contribution in [3.63, 3.8) is 0 Å². The van der Waals surface area contributed by atoms with E-state index in [1.165, 1.54) is 18.4 Å². The predicted molar refractivity (Wildman–Crippen MR) is 65.0 cm³/mol. The van der Waals surface area contributed by atoms with Crippen LogP contribution < -0.4 is 0 Å². The molecule has 19 heavy (non-hydrogen) atoms. The molecular weight excluding hydrogens is 271 g/mol. The predicted octanol–water partition coefficient (Wildman–Crippen LogP) is 1.15. The van der Waals surface area contributed by atoms with E-state index < -0.39 is 23.5 Å². The van der Waals surface area contributed by atoms with Crippen LogP contribution >= 0.6 is 11.3 Å². The lowest BCUT2D eigenvalue weighted by atomic mass is 10.00. The Morgan fingerprint density at radius 2 is 2.05 bits per heavy atom. The molecule has 2 aliphatic heterocycles. The zero-order valence-electron chi connectivity index (χ0n) is 10.2. The summed E-state index contributed by atoms with van der Waals surface area (Å²) in [5.74, 6) is -4.25. The molecule has 1 fully saturated rings. The van der Waals surface area contributed by atoms with Gasteiger partial charge in [0, 0.05) is 25.3 Å². The molecule has 1 aromatic rings. The average molecular weight is 282 g/mol. The van der Waals surface area contributed by atoms with Gasteiger partial charge in [0.15, 0.2) is 0 Å². The quantitative estimate of drug-likeness (QED) is 0.573. The van der Waals surface area contributed by atoms with Crippen molar-refractivity contribution in [3.05, 3.63) is 21.9 Å². The number of alkyl halides is 1. The van der Waals surface area contributed by atoms with Crippen molar-refractivity contribution < 1.29 is 18.8 Å². The number of amides is 3. The minimum absolute atomic E-state index is 0.0740. The largest absolute Gasteiger partial charge is 0.294 e. The number of nitrogens with zero attached hydrogens (tertiary/aromatic N) is 2. The van der Waals surface area contributed by atoms with Gasteiger partial charge in [-0.25, -0.2) is 4.39 Å². The number of likely N-dealkylation sites (N-methyl/N-ethyl adjacent to an activating group) is 1. The van der Waals surface area contributed by atoms with Crippen molar-refractivity contribution >= 4 is 29.1 Å². The molecule has 0 aliphatic carbocycles. The number of halogens is 1. The first-order valence-corrected chi connectivity index (χ1v) is 6.76. The standard InChI is InChI=1S/C12H11FN2O3S/c1-14-9(16)2-3-12(13,11(14)18)15-4-7-5-19-6-8(7)10(15)17/h5-6H,2-4H2,1H3. The third-order valence-electron chi connectivity index (χ3n) is 3.65. The Hall–Kier alpha value is -1.76. The van der Waals surface area contributed by atoms with Crippen LogP contribution in [0.3, 0.4) is 0 Å². The topological polar surface area (TPSA) is 57.7 Å². The van der Waals surface area contributed by atoms with Gasteiger partial charge in [0.05, 0.1) is 12.1 Å². The molecule has 7 heteroatoms. The van der Waals surface area contributed by atoms with E-state index >= 15 is 0 Å². The van der Waals surface area contributed by atoms with Crippen molar-refractivity contribution in [1.29, 1.82) is 0 Å². The Bertz CT molecular complexity index is 600. The minimum Gasteiger partial charge on any atom is -0.294 e.